The topological polar surface area (TPSA) is 21.3 Å². The molecule has 1 rings (SSSR count). The summed E-state index contributed by atoms with van der Waals surface area (Å²) in [4.78, 5) is 0. The minimum Gasteiger partial charge on any atom is -0.378 e. The number of nitrogens with one attached hydrogen (secondary N) is 1. The molecule has 1 aliphatic rings. The highest BCUT2D eigenvalue weighted by Crippen LogP contribution is 2.31. The average molecular weight is 227 g/mol. The van der Waals surface area contributed by atoms with Gasteiger partial charge in [0.1, 0.15) is 0 Å². The van der Waals surface area contributed by atoms with Gasteiger partial charge in [0.05, 0.1) is 12.7 Å². The Bertz CT molecular complexity index is 193. The SMILES string of the molecule is CNCC(C)(C)COC1CC(C)CC(C)C1. The van der Waals surface area contributed by atoms with E-state index in [9.17, 15) is 0 Å². The minimum atomic E-state index is 0.249. The van der Waals surface area contributed by atoms with Crippen molar-refractivity contribution in [2.24, 2.45) is 17.3 Å². The van der Waals surface area contributed by atoms with Crippen molar-refractivity contribution in [3.63, 3.8) is 0 Å². The van der Waals surface area contributed by atoms with Crippen LogP contribution in [-0.4, -0.2) is 26.3 Å². The molecule has 0 heterocycles. The predicted molar refractivity (Wildman–Crippen MR) is 69.6 cm³/mol. The largest absolute Gasteiger partial charge is 0.378 e. The van der Waals surface area contributed by atoms with Gasteiger partial charge in [-0.1, -0.05) is 27.7 Å². The second-order valence-corrected chi connectivity index (χ2v) is 6.55. The van der Waals surface area contributed by atoms with E-state index in [1.165, 1.54) is 19.3 Å². The van der Waals surface area contributed by atoms with Crippen LogP contribution in [0.5, 0.6) is 0 Å². The van der Waals surface area contributed by atoms with Gasteiger partial charge in [-0.25, -0.2) is 0 Å². The monoisotopic (exact) mass is 227 g/mol. The molecule has 0 aromatic heterocycles. The molecule has 0 aliphatic heterocycles. The van der Waals surface area contributed by atoms with Gasteiger partial charge in [-0.05, 0) is 38.1 Å². The molecule has 16 heavy (non-hydrogen) atoms. The summed E-state index contributed by atoms with van der Waals surface area (Å²) in [5.74, 6) is 1.67. The Morgan fingerprint density at radius 2 is 1.69 bits per heavy atom. The molecule has 1 fully saturated rings. The molecule has 1 saturated carbocycles. The summed E-state index contributed by atoms with van der Waals surface area (Å²) < 4.78 is 6.10. The van der Waals surface area contributed by atoms with E-state index in [4.69, 9.17) is 4.74 Å². The first-order valence-corrected chi connectivity index (χ1v) is 6.69. The van der Waals surface area contributed by atoms with Crippen molar-refractivity contribution in [3.8, 4) is 0 Å². The maximum Gasteiger partial charge on any atom is 0.0580 e. The summed E-state index contributed by atoms with van der Waals surface area (Å²) in [5.41, 5.74) is 0.249. The fourth-order valence-electron chi connectivity index (χ4n) is 2.88. The highest BCUT2D eigenvalue weighted by molar-refractivity contribution is 4.77. The summed E-state index contributed by atoms with van der Waals surface area (Å²) in [7, 11) is 2.01. The van der Waals surface area contributed by atoms with E-state index in [1.54, 1.807) is 0 Å². The lowest BCUT2D eigenvalue weighted by Crippen LogP contribution is -2.35. The lowest BCUT2D eigenvalue weighted by atomic mass is 9.81. The molecule has 0 aromatic carbocycles. The second-order valence-electron chi connectivity index (χ2n) is 6.55. The van der Waals surface area contributed by atoms with Crippen LogP contribution in [0.25, 0.3) is 0 Å². The van der Waals surface area contributed by atoms with Gasteiger partial charge >= 0.3 is 0 Å². The van der Waals surface area contributed by atoms with Gasteiger partial charge in [0.25, 0.3) is 0 Å². The molecule has 0 spiro atoms. The zero-order valence-corrected chi connectivity index (χ0v) is 11.7. The first-order chi connectivity index (χ1) is 7.43. The number of hydrogen-bond donors (Lipinski definition) is 1. The molecule has 96 valence electrons. The smallest absolute Gasteiger partial charge is 0.0580 e. The second kappa shape index (κ2) is 6.02. The molecule has 2 unspecified atom stereocenters. The Morgan fingerprint density at radius 3 is 2.19 bits per heavy atom. The van der Waals surface area contributed by atoms with E-state index in [-0.39, 0.29) is 5.41 Å². The molecule has 1 aliphatic carbocycles. The Morgan fingerprint density at radius 1 is 1.12 bits per heavy atom. The first kappa shape index (κ1) is 14.0. The molecule has 2 heteroatoms. The van der Waals surface area contributed by atoms with Crippen molar-refractivity contribution in [3.05, 3.63) is 0 Å². The summed E-state index contributed by atoms with van der Waals surface area (Å²) in [6.07, 6.45) is 4.37. The Balaban J connectivity index is 2.31. The van der Waals surface area contributed by atoms with Gasteiger partial charge in [0.2, 0.25) is 0 Å². The zero-order chi connectivity index (χ0) is 12.2. The van der Waals surface area contributed by atoms with Crippen molar-refractivity contribution in [1.29, 1.82) is 0 Å². The van der Waals surface area contributed by atoms with Crippen molar-refractivity contribution in [2.45, 2.75) is 53.1 Å². The van der Waals surface area contributed by atoms with Crippen molar-refractivity contribution < 1.29 is 4.74 Å². The molecule has 0 aromatic rings. The van der Waals surface area contributed by atoms with E-state index < -0.39 is 0 Å². The molecule has 2 atom stereocenters. The standard InChI is InChI=1S/C14H29NO/c1-11-6-12(2)8-13(7-11)16-10-14(3,4)9-15-5/h11-13,15H,6-10H2,1-5H3. The van der Waals surface area contributed by atoms with Gasteiger partial charge in [-0.3, -0.25) is 0 Å². The third-order valence-corrected chi connectivity index (χ3v) is 3.50. The summed E-state index contributed by atoms with van der Waals surface area (Å²) in [6.45, 7) is 11.1. The van der Waals surface area contributed by atoms with Crippen LogP contribution in [-0.2, 0) is 4.74 Å². The molecular weight excluding hydrogens is 198 g/mol. The van der Waals surface area contributed by atoms with Crippen LogP contribution in [0.3, 0.4) is 0 Å². The highest BCUT2D eigenvalue weighted by Gasteiger charge is 2.26. The lowest BCUT2D eigenvalue weighted by molar-refractivity contribution is -0.0335. The van der Waals surface area contributed by atoms with E-state index in [2.05, 4.69) is 33.0 Å². The van der Waals surface area contributed by atoms with E-state index in [0.717, 1.165) is 25.0 Å². The van der Waals surface area contributed by atoms with Crippen LogP contribution in [0.15, 0.2) is 0 Å². The third kappa shape index (κ3) is 4.84. The fourth-order valence-corrected chi connectivity index (χ4v) is 2.88. The molecule has 0 amide bonds. The highest BCUT2D eigenvalue weighted by atomic mass is 16.5. The van der Waals surface area contributed by atoms with E-state index in [0.29, 0.717) is 6.10 Å². The number of hydrogen-bond acceptors (Lipinski definition) is 2. The van der Waals surface area contributed by atoms with Gasteiger partial charge < -0.3 is 10.1 Å². The van der Waals surface area contributed by atoms with Gasteiger partial charge in [-0.15, -0.1) is 0 Å². The maximum absolute atomic E-state index is 6.10. The van der Waals surface area contributed by atoms with Crippen LogP contribution in [0.4, 0.5) is 0 Å². The van der Waals surface area contributed by atoms with Crippen molar-refractivity contribution in [1.82, 2.24) is 5.32 Å². The predicted octanol–water partition coefficient (Wildman–Crippen LogP) is 3.07. The molecule has 1 N–H and O–H groups in total. The maximum atomic E-state index is 6.10. The summed E-state index contributed by atoms with van der Waals surface area (Å²) >= 11 is 0. The lowest BCUT2D eigenvalue weighted by Gasteiger charge is -2.34. The van der Waals surface area contributed by atoms with Crippen LogP contribution in [0, 0.1) is 17.3 Å². The Kier molecular flexibility index (Phi) is 5.26. The summed E-state index contributed by atoms with van der Waals surface area (Å²) in [5, 5.41) is 3.23. The quantitative estimate of drug-likeness (QED) is 0.779. The molecular formula is C14H29NO. The number of ether oxygens (including phenoxy) is 1. The first-order valence-electron chi connectivity index (χ1n) is 6.69. The molecule has 0 bridgehead atoms. The Hall–Kier alpha value is -0.0800. The van der Waals surface area contributed by atoms with Crippen LogP contribution >= 0.6 is 0 Å². The minimum absolute atomic E-state index is 0.249. The molecule has 0 saturated heterocycles. The van der Waals surface area contributed by atoms with Crippen LogP contribution in [0.2, 0.25) is 0 Å². The normalized spacial score (nSPS) is 31.7. The van der Waals surface area contributed by atoms with Crippen molar-refractivity contribution in [2.75, 3.05) is 20.2 Å². The van der Waals surface area contributed by atoms with Crippen LogP contribution < -0.4 is 5.32 Å². The fraction of sp³-hybridized carbons (Fsp3) is 1.00. The molecule has 0 radical (unpaired) electrons. The van der Waals surface area contributed by atoms with Gasteiger partial charge in [0, 0.05) is 12.0 Å². The van der Waals surface area contributed by atoms with E-state index >= 15 is 0 Å². The Labute approximate surface area is 101 Å². The third-order valence-electron chi connectivity index (χ3n) is 3.50. The van der Waals surface area contributed by atoms with Crippen LogP contribution in [0.1, 0.15) is 47.0 Å². The van der Waals surface area contributed by atoms with Gasteiger partial charge in [-0.2, -0.15) is 0 Å². The molecule has 2 nitrogen and oxygen atoms in total. The zero-order valence-electron chi connectivity index (χ0n) is 11.7. The van der Waals surface area contributed by atoms with Gasteiger partial charge in [0.15, 0.2) is 0 Å². The summed E-state index contributed by atoms with van der Waals surface area (Å²) in [6, 6.07) is 0. The average Bonchev–Trinajstić information content (AvgIpc) is 2.13. The van der Waals surface area contributed by atoms with E-state index in [1.807, 2.05) is 7.05 Å². The van der Waals surface area contributed by atoms with Crippen molar-refractivity contribution >= 4 is 0 Å². The number of rotatable bonds is 5.